The first kappa shape index (κ1) is 21.8. The number of para-hydroxylation sites is 1. The lowest BCUT2D eigenvalue weighted by atomic mass is 9.89. The SMILES string of the molecule is C=CC(=O)N1CCC(C(=O)N2CCCC(c3nn(-c4ccccc4)cc3C(N)=O)C2)CC1. The van der Waals surface area contributed by atoms with E-state index in [0.29, 0.717) is 50.3 Å². The number of rotatable bonds is 5. The van der Waals surface area contributed by atoms with E-state index in [1.807, 2.05) is 35.2 Å². The van der Waals surface area contributed by atoms with Gasteiger partial charge in [-0.2, -0.15) is 5.10 Å². The van der Waals surface area contributed by atoms with Gasteiger partial charge in [0.05, 0.1) is 16.9 Å². The molecule has 1 aromatic heterocycles. The number of aromatic nitrogens is 2. The zero-order chi connectivity index (χ0) is 22.7. The van der Waals surface area contributed by atoms with E-state index in [0.717, 1.165) is 18.5 Å². The molecule has 1 aromatic carbocycles. The smallest absolute Gasteiger partial charge is 0.252 e. The maximum atomic E-state index is 13.2. The molecule has 2 saturated heterocycles. The summed E-state index contributed by atoms with van der Waals surface area (Å²) in [5.41, 5.74) is 7.58. The van der Waals surface area contributed by atoms with Gasteiger partial charge in [0.2, 0.25) is 11.8 Å². The number of amides is 3. The van der Waals surface area contributed by atoms with Crippen molar-refractivity contribution < 1.29 is 14.4 Å². The van der Waals surface area contributed by atoms with Crippen molar-refractivity contribution in [3.8, 4) is 5.69 Å². The van der Waals surface area contributed by atoms with Gasteiger partial charge in [0, 0.05) is 44.2 Å². The molecule has 4 rings (SSSR count). The Bertz CT molecular complexity index is 1010. The normalized spacial score (nSPS) is 19.6. The van der Waals surface area contributed by atoms with E-state index in [2.05, 4.69) is 6.58 Å². The minimum absolute atomic E-state index is 0.0393. The number of primary amides is 1. The van der Waals surface area contributed by atoms with Gasteiger partial charge in [-0.05, 0) is 43.9 Å². The second-order valence-electron chi connectivity index (χ2n) is 8.50. The van der Waals surface area contributed by atoms with Crippen molar-refractivity contribution in [2.75, 3.05) is 26.2 Å². The maximum Gasteiger partial charge on any atom is 0.252 e. The quantitative estimate of drug-likeness (QED) is 0.727. The lowest BCUT2D eigenvalue weighted by Crippen LogP contribution is -2.46. The van der Waals surface area contributed by atoms with Crippen LogP contribution in [-0.2, 0) is 9.59 Å². The first-order valence-corrected chi connectivity index (χ1v) is 11.1. The third-order valence-corrected chi connectivity index (χ3v) is 6.48. The van der Waals surface area contributed by atoms with Crippen molar-refractivity contribution in [2.45, 2.75) is 31.6 Å². The van der Waals surface area contributed by atoms with Gasteiger partial charge in [0.25, 0.3) is 5.91 Å². The van der Waals surface area contributed by atoms with Gasteiger partial charge in [-0.1, -0.05) is 24.8 Å². The fourth-order valence-corrected chi connectivity index (χ4v) is 4.73. The van der Waals surface area contributed by atoms with E-state index in [-0.39, 0.29) is 23.7 Å². The molecule has 2 N–H and O–H groups in total. The predicted molar refractivity (Wildman–Crippen MR) is 120 cm³/mol. The summed E-state index contributed by atoms with van der Waals surface area (Å²) in [4.78, 5) is 40.8. The van der Waals surface area contributed by atoms with Gasteiger partial charge in [-0.15, -0.1) is 0 Å². The van der Waals surface area contributed by atoms with Gasteiger partial charge in [-0.25, -0.2) is 4.68 Å². The highest BCUT2D eigenvalue weighted by molar-refractivity contribution is 5.94. The molecule has 2 fully saturated rings. The number of benzene rings is 1. The van der Waals surface area contributed by atoms with E-state index >= 15 is 0 Å². The number of nitrogens with two attached hydrogens (primary N) is 1. The van der Waals surface area contributed by atoms with Gasteiger partial charge in [0.15, 0.2) is 0 Å². The monoisotopic (exact) mass is 435 g/mol. The van der Waals surface area contributed by atoms with Crippen LogP contribution in [0.3, 0.4) is 0 Å². The van der Waals surface area contributed by atoms with Crippen molar-refractivity contribution in [3.05, 3.63) is 60.4 Å². The molecule has 1 atom stereocenters. The molecule has 8 nitrogen and oxygen atoms in total. The number of piperidine rings is 2. The van der Waals surface area contributed by atoms with E-state index in [1.165, 1.54) is 6.08 Å². The molecule has 32 heavy (non-hydrogen) atoms. The zero-order valence-electron chi connectivity index (χ0n) is 18.2. The van der Waals surface area contributed by atoms with Crippen LogP contribution in [0.4, 0.5) is 0 Å². The highest BCUT2D eigenvalue weighted by atomic mass is 16.2. The molecule has 2 aromatic rings. The van der Waals surface area contributed by atoms with Crippen molar-refractivity contribution in [1.29, 1.82) is 0 Å². The second-order valence-corrected chi connectivity index (χ2v) is 8.50. The zero-order valence-corrected chi connectivity index (χ0v) is 18.2. The van der Waals surface area contributed by atoms with Crippen LogP contribution in [0, 0.1) is 5.92 Å². The summed E-state index contributed by atoms with van der Waals surface area (Å²) < 4.78 is 1.68. The van der Waals surface area contributed by atoms with Crippen LogP contribution in [-0.4, -0.2) is 63.5 Å². The Morgan fingerprint density at radius 1 is 1.03 bits per heavy atom. The topological polar surface area (TPSA) is 102 Å². The van der Waals surface area contributed by atoms with Crippen molar-refractivity contribution in [1.82, 2.24) is 19.6 Å². The van der Waals surface area contributed by atoms with Gasteiger partial charge < -0.3 is 15.5 Å². The van der Waals surface area contributed by atoms with Crippen LogP contribution in [0.1, 0.15) is 47.7 Å². The average Bonchev–Trinajstić information content (AvgIpc) is 3.30. The van der Waals surface area contributed by atoms with Gasteiger partial charge in [0.1, 0.15) is 0 Å². The molecule has 0 aliphatic carbocycles. The highest BCUT2D eigenvalue weighted by Gasteiger charge is 2.34. The van der Waals surface area contributed by atoms with Crippen molar-refractivity contribution >= 4 is 17.7 Å². The number of carbonyl (C=O) groups is 3. The van der Waals surface area contributed by atoms with Gasteiger partial charge in [-0.3, -0.25) is 14.4 Å². The summed E-state index contributed by atoms with van der Waals surface area (Å²) in [5.74, 6) is -0.585. The maximum absolute atomic E-state index is 13.2. The molecule has 168 valence electrons. The standard InChI is InChI=1S/C24H29N5O3/c1-2-21(30)27-13-10-17(11-14-27)24(32)28-12-6-7-18(15-28)22-20(23(25)31)16-29(26-22)19-8-4-3-5-9-19/h2-5,8-9,16-18H,1,6-7,10-15H2,(H2,25,31). The highest BCUT2D eigenvalue weighted by Crippen LogP contribution is 2.31. The summed E-state index contributed by atoms with van der Waals surface area (Å²) in [6.07, 6.45) is 6.02. The first-order chi connectivity index (χ1) is 15.5. The van der Waals surface area contributed by atoms with Crippen LogP contribution in [0.25, 0.3) is 5.69 Å². The Morgan fingerprint density at radius 3 is 2.41 bits per heavy atom. The molecule has 8 heteroatoms. The molecule has 2 aliphatic rings. The Kier molecular flexibility index (Phi) is 6.39. The van der Waals surface area contributed by atoms with Crippen LogP contribution in [0.5, 0.6) is 0 Å². The Hall–Kier alpha value is -3.42. The third kappa shape index (κ3) is 4.44. The van der Waals surface area contributed by atoms with Crippen LogP contribution in [0.15, 0.2) is 49.2 Å². The van der Waals surface area contributed by atoms with Crippen molar-refractivity contribution in [3.63, 3.8) is 0 Å². The summed E-state index contributed by atoms with van der Waals surface area (Å²) in [7, 11) is 0. The Morgan fingerprint density at radius 2 is 1.75 bits per heavy atom. The second kappa shape index (κ2) is 9.38. The molecule has 3 heterocycles. The van der Waals surface area contributed by atoms with Gasteiger partial charge >= 0.3 is 0 Å². The Balaban J connectivity index is 1.48. The number of likely N-dealkylation sites (tertiary alicyclic amines) is 2. The molecular weight excluding hydrogens is 406 g/mol. The number of carbonyl (C=O) groups excluding carboxylic acids is 3. The molecule has 0 radical (unpaired) electrons. The minimum Gasteiger partial charge on any atom is -0.365 e. The minimum atomic E-state index is -0.509. The molecule has 2 aliphatic heterocycles. The van der Waals surface area contributed by atoms with Crippen LogP contribution < -0.4 is 5.73 Å². The molecule has 0 saturated carbocycles. The van der Waals surface area contributed by atoms with E-state index in [9.17, 15) is 14.4 Å². The summed E-state index contributed by atoms with van der Waals surface area (Å²) >= 11 is 0. The van der Waals surface area contributed by atoms with E-state index in [1.54, 1.807) is 15.8 Å². The van der Waals surface area contributed by atoms with Crippen molar-refractivity contribution in [2.24, 2.45) is 11.7 Å². The summed E-state index contributed by atoms with van der Waals surface area (Å²) in [6, 6.07) is 9.58. The largest absolute Gasteiger partial charge is 0.365 e. The average molecular weight is 436 g/mol. The van der Waals surface area contributed by atoms with E-state index < -0.39 is 5.91 Å². The lowest BCUT2D eigenvalue weighted by Gasteiger charge is -2.37. The summed E-state index contributed by atoms with van der Waals surface area (Å²) in [6.45, 7) is 5.91. The van der Waals surface area contributed by atoms with E-state index in [4.69, 9.17) is 10.8 Å². The molecule has 3 amide bonds. The lowest BCUT2D eigenvalue weighted by molar-refractivity contribution is -0.140. The fraction of sp³-hybridized carbons (Fsp3) is 0.417. The summed E-state index contributed by atoms with van der Waals surface area (Å²) in [5, 5.41) is 4.69. The molecular formula is C24H29N5O3. The predicted octanol–water partition coefficient (Wildman–Crippen LogP) is 2.10. The fourth-order valence-electron chi connectivity index (χ4n) is 4.73. The molecule has 1 unspecified atom stereocenters. The van der Waals surface area contributed by atoms with Crippen LogP contribution >= 0.6 is 0 Å². The molecule has 0 spiro atoms. The number of hydrogen-bond acceptors (Lipinski definition) is 4. The number of nitrogens with zero attached hydrogens (tertiary/aromatic N) is 4. The Labute approximate surface area is 187 Å². The third-order valence-electron chi connectivity index (χ3n) is 6.48. The number of hydrogen-bond donors (Lipinski definition) is 1. The first-order valence-electron chi connectivity index (χ1n) is 11.1. The molecule has 0 bridgehead atoms. The van der Waals surface area contributed by atoms with Crippen LogP contribution in [0.2, 0.25) is 0 Å².